The second-order valence-corrected chi connectivity index (χ2v) is 4.72. The number of hydrogen-bond acceptors (Lipinski definition) is 5. The highest BCUT2D eigenvalue weighted by molar-refractivity contribution is 5.64. The lowest BCUT2D eigenvalue weighted by Crippen LogP contribution is -2.15. The van der Waals surface area contributed by atoms with Crippen molar-refractivity contribution < 1.29 is 10.0 Å². The maximum Gasteiger partial charge on any atom is 0.270 e. The number of rotatable bonds is 4. The third kappa shape index (κ3) is 2.91. The molecular formula is C14H15N3O4. The minimum absolute atomic E-state index is 0.102. The number of nitro groups is 1. The van der Waals surface area contributed by atoms with Crippen LogP contribution in [0.3, 0.4) is 0 Å². The molecule has 1 aromatic heterocycles. The molecule has 0 radical (unpaired) electrons. The molecule has 2 N–H and O–H groups in total. The molecule has 0 aliphatic rings. The Morgan fingerprint density at radius 1 is 1.43 bits per heavy atom. The number of nitrogens with one attached hydrogen (secondary N) is 1. The smallest absolute Gasteiger partial charge is 0.270 e. The summed E-state index contributed by atoms with van der Waals surface area (Å²) in [4.78, 5) is 28.8. The van der Waals surface area contributed by atoms with Crippen molar-refractivity contribution in [3.63, 3.8) is 0 Å². The molecule has 1 heterocycles. The average Bonchev–Trinajstić information content (AvgIpc) is 2.43. The van der Waals surface area contributed by atoms with Crippen molar-refractivity contribution in [3.05, 3.63) is 49.8 Å². The van der Waals surface area contributed by atoms with E-state index in [1.54, 1.807) is 13.0 Å². The maximum atomic E-state index is 12.0. The van der Waals surface area contributed by atoms with E-state index in [1.807, 2.05) is 6.92 Å². The van der Waals surface area contributed by atoms with Gasteiger partial charge in [0.05, 0.1) is 10.5 Å². The van der Waals surface area contributed by atoms with Gasteiger partial charge in [-0.25, -0.2) is 0 Å². The monoisotopic (exact) mass is 289 g/mol. The zero-order valence-electron chi connectivity index (χ0n) is 11.7. The summed E-state index contributed by atoms with van der Waals surface area (Å²) in [5.41, 5.74) is 0.830. The number of aromatic hydroxyl groups is 1. The molecule has 2 aromatic rings. The highest BCUT2D eigenvalue weighted by Crippen LogP contribution is 2.26. The van der Waals surface area contributed by atoms with Gasteiger partial charge in [-0.2, -0.15) is 4.98 Å². The Morgan fingerprint density at radius 3 is 2.71 bits per heavy atom. The molecule has 7 nitrogen and oxygen atoms in total. The lowest BCUT2D eigenvalue weighted by atomic mass is 10.1. The van der Waals surface area contributed by atoms with Gasteiger partial charge in [-0.3, -0.25) is 14.9 Å². The molecular weight excluding hydrogens is 274 g/mol. The zero-order valence-corrected chi connectivity index (χ0v) is 11.7. The Hall–Kier alpha value is -2.70. The molecule has 0 unspecified atom stereocenters. The molecule has 2 rings (SSSR count). The van der Waals surface area contributed by atoms with E-state index in [2.05, 4.69) is 9.97 Å². The first-order chi connectivity index (χ1) is 9.93. The Bertz CT molecular complexity index is 752. The van der Waals surface area contributed by atoms with Gasteiger partial charge in [-0.05, 0) is 18.9 Å². The third-order valence-electron chi connectivity index (χ3n) is 3.18. The van der Waals surface area contributed by atoms with Crippen LogP contribution in [-0.4, -0.2) is 20.0 Å². The predicted molar refractivity (Wildman–Crippen MR) is 77.3 cm³/mol. The Kier molecular flexibility index (Phi) is 4.02. The van der Waals surface area contributed by atoms with E-state index in [0.717, 1.165) is 0 Å². The number of nitro benzene ring substituents is 1. The van der Waals surface area contributed by atoms with Gasteiger partial charge in [0.2, 0.25) is 5.88 Å². The summed E-state index contributed by atoms with van der Waals surface area (Å²) in [7, 11) is 0. The summed E-state index contributed by atoms with van der Waals surface area (Å²) in [6.45, 7) is 3.63. The molecule has 0 spiro atoms. The van der Waals surface area contributed by atoms with Crippen LogP contribution in [0.4, 0.5) is 5.69 Å². The van der Waals surface area contributed by atoms with E-state index in [-0.39, 0.29) is 23.0 Å². The SMILES string of the molecule is CCCc1c(O)nc(-c2cc([N+](=O)[O-])ccc2C)[nH]c1=O. The molecule has 110 valence electrons. The molecule has 0 saturated carbocycles. The minimum atomic E-state index is -0.521. The van der Waals surface area contributed by atoms with Crippen molar-refractivity contribution in [2.45, 2.75) is 26.7 Å². The lowest BCUT2D eigenvalue weighted by Gasteiger charge is -2.07. The van der Waals surface area contributed by atoms with Gasteiger partial charge in [-0.15, -0.1) is 0 Å². The normalized spacial score (nSPS) is 10.6. The number of non-ortho nitro benzene ring substituents is 1. The van der Waals surface area contributed by atoms with Crippen LogP contribution in [0.1, 0.15) is 24.5 Å². The van der Waals surface area contributed by atoms with Crippen LogP contribution in [0.15, 0.2) is 23.0 Å². The molecule has 21 heavy (non-hydrogen) atoms. The van der Waals surface area contributed by atoms with Crippen molar-refractivity contribution in [1.29, 1.82) is 0 Å². The summed E-state index contributed by atoms with van der Waals surface area (Å²) in [5.74, 6) is -0.208. The van der Waals surface area contributed by atoms with E-state index < -0.39 is 10.5 Å². The van der Waals surface area contributed by atoms with Crippen LogP contribution >= 0.6 is 0 Å². The fourth-order valence-corrected chi connectivity index (χ4v) is 2.07. The topological polar surface area (TPSA) is 109 Å². The largest absolute Gasteiger partial charge is 0.493 e. The number of aromatic amines is 1. The number of nitrogens with zero attached hydrogens (tertiary/aromatic N) is 2. The van der Waals surface area contributed by atoms with Gasteiger partial charge in [0.15, 0.2) is 0 Å². The Morgan fingerprint density at radius 2 is 2.14 bits per heavy atom. The third-order valence-corrected chi connectivity index (χ3v) is 3.18. The highest BCUT2D eigenvalue weighted by Gasteiger charge is 2.15. The molecule has 0 bridgehead atoms. The number of aromatic nitrogens is 2. The Balaban J connectivity index is 2.60. The second kappa shape index (κ2) is 5.74. The van der Waals surface area contributed by atoms with Crippen LogP contribution < -0.4 is 5.56 Å². The zero-order chi connectivity index (χ0) is 15.6. The van der Waals surface area contributed by atoms with Crippen LogP contribution in [0.5, 0.6) is 5.88 Å². The first-order valence-electron chi connectivity index (χ1n) is 6.51. The van der Waals surface area contributed by atoms with E-state index in [9.17, 15) is 20.0 Å². The molecule has 0 atom stereocenters. The van der Waals surface area contributed by atoms with E-state index in [4.69, 9.17) is 0 Å². The summed E-state index contributed by atoms with van der Waals surface area (Å²) in [6, 6.07) is 4.28. The number of benzene rings is 1. The summed E-state index contributed by atoms with van der Waals surface area (Å²) in [6.07, 6.45) is 1.12. The van der Waals surface area contributed by atoms with E-state index >= 15 is 0 Å². The van der Waals surface area contributed by atoms with Gasteiger partial charge in [0.25, 0.3) is 11.2 Å². The first kappa shape index (κ1) is 14.7. The quantitative estimate of drug-likeness (QED) is 0.663. The van der Waals surface area contributed by atoms with Gasteiger partial charge >= 0.3 is 0 Å². The van der Waals surface area contributed by atoms with Crippen molar-refractivity contribution >= 4 is 5.69 Å². The summed E-state index contributed by atoms with van der Waals surface area (Å²) in [5, 5.41) is 20.7. The molecule has 1 aromatic carbocycles. The van der Waals surface area contributed by atoms with Gasteiger partial charge < -0.3 is 10.1 Å². The molecule has 0 saturated heterocycles. The molecule has 0 aliphatic heterocycles. The molecule has 0 fully saturated rings. The summed E-state index contributed by atoms with van der Waals surface area (Å²) < 4.78 is 0. The van der Waals surface area contributed by atoms with E-state index in [1.165, 1.54) is 12.1 Å². The van der Waals surface area contributed by atoms with Gasteiger partial charge in [0, 0.05) is 17.7 Å². The summed E-state index contributed by atoms with van der Waals surface area (Å²) >= 11 is 0. The van der Waals surface area contributed by atoms with Crippen LogP contribution in [0.2, 0.25) is 0 Å². The minimum Gasteiger partial charge on any atom is -0.493 e. The van der Waals surface area contributed by atoms with Crippen molar-refractivity contribution in [3.8, 4) is 17.3 Å². The standard InChI is InChI=1S/C14H15N3O4/c1-3-4-10-13(18)15-12(16-14(10)19)11-7-9(17(20)21)6-5-8(11)2/h5-7H,3-4H2,1-2H3,(H2,15,16,18,19). The molecule has 7 heteroatoms. The maximum absolute atomic E-state index is 12.0. The van der Waals surface area contributed by atoms with Crippen LogP contribution in [-0.2, 0) is 6.42 Å². The van der Waals surface area contributed by atoms with Crippen LogP contribution in [0.25, 0.3) is 11.4 Å². The van der Waals surface area contributed by atoms with Crippen molar-refractivity contribution in [2.24, 2.45) is 0 Å². The molecule has 0 amide bonds. The number of aryl methyl sites for hydroxylation is 1. The van der Waals surface area contributed by atoms with E-state index in [0.29, 0.717) is 24.0 Å². The van der Waals surface area contributed by atoms with Gasteiger partial charge in [-0.1, -0.05) is 19.4 Å². The predicted octanol–water partition coefficient (Wildman–Crippen LogP) is 2.31. The number of hydrogen-bond donors (Lipinski definition) is 2. The lowest BCUT2D eigenvalue weighted by molar-refractivity contribution is -0.384. The fourth-order valence-electron chi connectivity index (χ4n) is 2.07. The average molecular weight is 289 g/mol. The second-order valence-electron chi connectivity index (χ2n) is 4.72. The highest BCUT2D eigenvalue weighted by atomic mass is 16.6. The fraction of sp³-hybridized carbons (Fsp3) is 0.286. The van der Waals surface area contributed by atoms with Crippen molar-refractivity contribution in [1.82, 2.24) is 9.97 Å². The Labute approximate surface area is 120 Å². The van der Waals surface area contributed by atoms with Crippen molar-refractivity contribution in [2.75, 3.05) is 0 Å². The van der Waals surface area contributed by atoms with Gasteiger partial charge in [0.1, 0.15) is 5.82 Å². The first-order valence-corrected chi connectivity index (χ1v) is 6.51. The number of H-pyrrole nitrogens is 1. The molecule has 0 aliphatic carbocycles. The van der Waals surface area contributed by atoms with Crippen LogP contribution in [0, 0.1) is 17.0 Å².